The minimum absolute atomic E-state index is 0. The molecule has 47 heavy (non-hydrogen) atoms. The quantitative estimate of drug-likeness (QED) is 0.0257. The molecule has 12 nitrogen and oxygen atoms in total. The maximum absolute atomic E-state index is 11.0. The molecule has 0 heterocycles. The maximum atomic E-state index is 11.0. The Balaban J connectivity index is -0.000000807. The fourth-order valence-corrected chi connectivity index (χ4v) is 4.88. The zero-order valence-corrected chi connectivity index (χ0v) is 32.2. The van der Waals surface area contributed by atoms with Crippen LogP contribution in [0.3, 0.4) is 0 Å². The van der Waals surface area contributed by atoms with Crippen LogP contribution in [0.1, 0.15) is 168 Å². The molecule has 273 valence electrons. The summed E-state index contributed by atoms with van der Waals surface area (Å²) in [4.78, 5) is 43.3. The number of aliphatic carboxylic acids is 2. The van der Waals surface area contributed by atoms with Crippen LogP contribution in [-0.2, 0) is 19.2 Å². The number of unbranched alkanes of at least 4 members (excludes halogenated alkanes) is 18. The van der Waals surface area contributed by atoms with Crippen LogP contribution in [0.25, 0.3) is 0 Å². The van der Waals surface area contributed by atoms with Crippen molar-refractivity contribution in [1.82, 2.24) is 21.7 Å². The topological polar surface area (TPSA) is 209 Å². The Morgan fingerprint density at radius 3 is 0.979 bits per heavy atom. The molecular formula is C34H70N6NaO6. The van der Waals surface area contributed by atoms with Gasteiger partial charge in [-0.15, -0.1) is 0 Å². The van der Waals surface area contributed by atoms with Gasteiger partial charge in [0.15, 0.2) is 0 Å². The van der Waals surface area contributed by atoms with Crippen molar-refractivity contribution in [3.63, 3.8) is 0 Å². The Bertz CT molecular complexity index is 690. The van der Waals surface area contributed by atoms with Crippen molar-refractivity contribution in [2.45, 2.75) is 180 Å². The van der Waals surface area contributed by atoms with Gasteiger partial charge in [0.2, 0.25) is 11.8 Å². The van der Waals surface area contributed by atoms with Crippen molar-refractivity contribution in [2.75, 3.05) is 13.1 Å². The molecule has 2 amide bonds. The van der Waals surface area contributed by atoms with Gasteiger partial charge >= 0.3 is 11.9 Å². The summed E-state index contributed by atoms with van der Waals surface area (Å²) in [6, 6.07) is -1.55. The van der Waals surface area contributed by atoms with Crippen molar-refractivity contribution in [1.29, 1.82) is 0 Å². The monoisotopic (exact) mass is 682 g/mol. The fraction of sp³-hybridized carbons (Fsp3) is 0.882. The number of carbonyl (C=O) groups excluding carboxylic acids is 2. The van der Waals surface area contributed by atoms with Crippen molar-refractivity contribution in [3.05, 3.63) is 0 Å². The summed E-state index contributed by atoms with van der Waals surface area (Å²) in [6.07, 6.45) is 26.1. The molecule has 0 spiro atoms. The van der Waals surface area contributed by atoms with Crippen molar-refractivity contribution >= 4 is 53.3 Å². The Kier molecular flexibility index (Phi) is 41.7. The van der Waals surface area contributed by atoms with Gasteiger partial charge in [0.05, 0.1) is 0 Å². The molecule has 10 N–H and O–H groups in total. The second-order valence-electron chi connectivity index (χ2n) is 12.3. The summed E-state index contributed by atoms with van der Waals surface area (Å²) in [5.41, 5.74) is 21.4. The largest absolute Gasteiger partial charge is 0.480 e. The van der Waals surface area contributed by atoms with E-state index in [2.05, 4.69) is 35.6 Å². The van der Waals surface area contributed by atoms with Gasteiger partial charge in [0.1, 0.15) is 12.1 Å². The summed E-state index contributed by atoms with van der Waals surface area (Å²) in [6.45, 7) is 5.94. The summed E-state index contributed by atoms with van der Waals surface area (Å²) in [5, 5.41) is 18.0. The van der Waals surface area contributed by atoms with Gasteiger partial charge < -0.3 is 21.7 Å². The third-order valence-corrected chi connectivity index (χ3v) is 7.82. The number of rotatable bonds is 34. The number of hydrogen-bond donors (Lipinski definition) is 8. The number of nitrogens with two attached hydrogens (primary N) is 2. The van der Waals surface area contributed by atoms with Crippen LogP contribution in [0.5, 0.6) is 0 Å². The maximum Gasteiger partial charge on any atom is 0.322 e. The number of carbonyl (C=O) groups is 4. The van der Waals surface area contributed by atoms with Gasteiger partial charge in [-0.2, -0.15) is 0 Å². The number of carboxylic acids is 2. The smallest absolute Gasteiger partial charge is 0.322 e. The molecule has 0 saturated heterocycles. The van der Waals surface area contributed by atoms with Gasteiger partial charge in [-0.05, 0) is 25.7 Å². The Hall–Kier alpha value is -1.28. The number of carboxylic acid groups (broad SMARTS) is 2. The van der Waals surface area contributed by atoms with Gasteiger partial charge in [-0.3, -0.25) is 30.0 Å². The predicted octanol–water partition coefficient (Wildman–Crippen LogP) is 5.06. The molecule has 0 bridgehead atoms. The van der Waals surface area contributed by atoms with E-state index in [1.807, 2.05) is 0 Å². The van der Waals surface area contributed by atoms with Gasteiger partial charge in [-0.1, -0.05) is 129 Å². The van der Waals surface area contributed by atoms with Crippen molar-refractivity contribution in [2.24, 2.45) is 11.5 Å². The molecule has 0 aromatic rings. The Labute approximate surface area is 307 Å². The first kappa shape index (κ1) is 50.1. The number of hydrogen-bond acceptors (Lipinski definition) is 8. The molecule has 0 saturated carbocycles. The molecule has 0 aliphatic rings. The molecule has 0 aromatic carbocycles. The average Bonchev–Trinajstić information content (AvgIpc) is 3.00. The first-order chi connectivity index (χ1) is 22.1. The van der Waals surface area contributed by atoms with Crippen LogP contribution >= 0.6 is 0 Å². The van der Waals surface area contributed by atoms with E-state index in [4.69, 9.17) is 21.7 Å². The van der Waals surface area contributed by atoms with Crippen molar-refractivity contribution in [3.8, 4) is 0 Å². The van der Waals surface area contributed by atoms with E-state index < -0.39 is 35.8 Å². The number of nitrogens with one attached hydrogen (secondary N) is 4. The van der Waals surface area contributed by atoms with E-state index in [-0.39, 0.29) is 55.2 Å². The van der Waals surface area contributed by atoms with E-state index in [1.54, 1.807) is 0 Å². The second kappa shape index (κ2) is 39.2. The second-order valence-corrected chi connectivity index (χ2v) is 12.3. The Morgan fingerprint density at radius 2 is 0.745 bits per heavy atom. The van der Waals surface area contributed by atoms with Crippen LogP contribution in [0, 0.1) is 0 Å². The van der Waals surface area contributed by atoms with E-state index in [1.165, 1.54) is 103 Å². The zero-order valence-electron chi connectivity index (χ0n) is 30.2. The zero-order chi connectivity index (χ0) is 34.7. The number of amides is 2. The fourth-order valence-electron chi connectivity index (χ4n) is 4.88. The third-order valence-electron chi connectivity index (χ3n) is 7.82. The summed E-state index contributed by atoms with van der Waals surface area (Å²) in [7, 11) is 0. The van der Waals surface area contributed by atoms with Gasteiger partial charge in [-0.25, -0.2) is 10.9 Å². The summed E-state index contributed by atoms with van der Waals surface area (Å²) in [5.74, 6) is -2.90. The molecule has 0 fully saturated rings. The summed E-state index contributed by atoms with van der Waals surface area (Å²) < 4.78 is 0. The molecule has 0 unspecified atom stereocenters. The van der Waals surface area contributed by atoms with E-state index in [9.17, 15) is 19.2 Å². The van der Waals surface area contributed by atoms with E-state index >= 15 is 0 Å². The normalized spacial score (nSPS) is 12.0. The molecule has 1 radical (unpaired) electrons. The molecule has 0 aliphatic heterocycles. The van der Waals surface area contributed by atoms with Crippen LogP contribution in [0.15, 0.2) is 0 Å². The number of hydrazine groups is 2. The summed E-state index contributed by atoms with van der Waals surface area (Å²) >= 11 is 0. The van der Waals surface area contributed by atoms with Crippen LogP contribution in [-0.4, -0.2) is 88.7 Å². The molecule has 0 rings (SSSR count). The van der Waals surface area contributed by atoms with Crippen LogP contribution in [0.2, 0.25) is 0 Å². The molecule has 0 aromatic heterocycles. The number of primary amides is 2. The Morgan fingerprint density at radius 1 is 0.489 bits per heavy atom. The SMILES string of the molecule is CCCCCCCCCCCCNN[C@@H](CCC(N)=O)C(=O)O.CCCCCCCCCCCCNN[C@@H](CCC(N)=O)C(=O)O.[Na]. The standard InChI is InChI=1S/2C17H35N3O3.Na/c2*1-2-3-4-5-6-7-8-9-10-11-14-19-20-15(17(22)23)12-13-16(18)21;/h2*15,19-20H,2-14H2,1H3,(H2,18,21)(H,22,23);/t2*15-;/m00./s1. The molecule has 2 atom stereocenters. The average molecular weight is 682 g/mol. The van der Waals surface area contributed by atoms with Gasteiger partial charge in [0, 0.05) is 55.5 Å². The molecule has 0 aliphatic carbocycles. The predicted molar refractivity (Wildman–Crippen MR) is 191 cm³/mol. The van der Waals surface area contributed by atoms with Crippen LogP contribution < -0.4 is 33.2 Å². The third kappa shape index (κ3) is 40.8. The van der Waals surface area contributed by atoms with Crippen LogP contribution in [0.4, 0.5) is 0 Å². The van der Waals surface area contributed by atoms with E-state index in [0.29, 0.717) is 0 Å². The minimum atomic E-state index is -0.971. The first-order valence-electron chi connectivity index (χ1n) is 18.1. The minimum Gasteiger partial charge on any atom is -0.480 e. The molecular weight excluding hydrogens is 611 g/mol. The van der Waals surface area contributed by atoms with Gasteiger partial charge in [0.25, 0.3) is 0 Å². The molecule has 13 heteroatoms. The van der Waals surface area contributed by atoms with E-state index in [0.717, 1.165) is 38.8 Å². The first-order valence-corrected chi connectivity index (χ1v) is 18.1. The van der Waals surface area contributed by atoms with Crippen molar-refractivity contribution < 1.29 is 29.4 Å².